The van der Waals surface area contributed by atoms with Crippen molar-refractivity contribution < 1.29 is 23.8 Å². The van der Waals surface area contributed by atoms with Gasteiger partial charge in [-0.1, -0.05) is 62.4 Å². The lowest BCUT2D eigenvalue weighted by Gasteiger charge is -2.21. The van der Waals surface area contributed by atoms with Crippen molar-refractivity contribution >= 4 is 11.9 Å². The summed E-state index contributed by atoms with van der Waals surface area (Å²) in [5.41, 5.74) is 0.293. The number of ether oxygens (including phenoxy) is 3. The zero-order valence-corrected chi connectivity index (χ0v) is 17.9. The minimum Gasteiger partial charge on any atom is -0.490 e. The van der Waals surface area contributed by atoms with E-state index in [-0.39, 0.29) is 25.2 Å². The first-order valence-electron chi connectivity index (χ1n) is 11.1. The Morgan fingerprint density at radius 1 is 0.806 bits per heavy atom. The van der Waals surface area contributed by atoms with E-state index < -0.39 is 5.97 Å². The highest BCUT2D eigenvalue weighted by molar-refractivity contribution is 5.94. The lowest BCUT2D eigenvalue weighted by Crippen LogP contribution is -2.38. The molecule has 0 spiro atoms. The second kappa shape index (κ2) is 12.6. The van der Waals surface area contributed by atoms with Gasteiger partial charge in [0, 0.05) is 6.04 Å². The molecule has 31 heavy (non-hydrogen) atoms. The molecule has 0 radical (unpaired) electrons. The normalized spacial score (nSPS) is 14.7. The highest BCUT2D eigenvalue weighted by Crippen LogP contribution is 2.20. The van der Waals surface area contributed by atoms with Crippen LogP contribution in [0.3, 0.4) is 0 Å². The fourth-order valence-corrected chi connectivity index (χ4v) is 3.67. The number of benzene rings is 2. The highest BCUT2D eigenvalue weighted by atomic mass is 16.5. The summed E-state index contributed by atoms with van der Waals surface area (Å²) in [6, 6.07) is 16.5. The molecule has 166 valence electrons. The molecular formula is C25H31NO5. The Balaban J connectivity index is 1.43. The maximum Gasteiger partial charge on any atom is 0.342 e. The van der Waals surface area contributed by atoms with Crippen LogP contribution in [-0.2, 0) is 9.53 Å². The lowest BCUT2D eigenvalue weighted by atomic mass is 9.97. The molecule has 0 aromatic heterocycles. The predicted molar refractivity (Wildman–Crippen MR) is 118 cm³/mol. The van der Waals surface area contributed by atoms with Gasteiger partial charge in [-0.05, 0) is 37.1 Å². The molecule has 1 aliphatic rings. The molecule has 3 rings (SSSR count). The third kappa shape index (κ3) is 7.96. The van der Waals surface area contributed by atoms with Crippen LogP contribution in [0.25, 0.3) is 0 Å². The van der Waals surface area contributed by atoms with Gasteiger partial charge in [0.1, 0.15) is 30.3 Å². The van der Waals surface area contributed by atoms with E-state index in [1.807, 2.05) is 30.3 Å². The van der Waals surface area contributed by atoms with Crippen LogP contribution < -0.4 is 14.8 Å². The van der Waals surface area contributed by atoms with E-state index >= 15 is 0 Å². The van der Waals surface area contributed by atoms with Gasteiger partial charge in [0.2, 0.25) is 0 Å². The van der Waals surface area contributed by atoms with Crippen molar-refractivity contribution in [2.45, 2.75) is 51.0 Å². The average Bonchev–Trinajstić information content (AvgIpc) is 2.78. The molecule has 6 heteroatoms. The number of esters is 1. The van der Waals surface area contributed by atoms with Crippen molar-refractivity contribution in [3.8, 4) is 11.5 Å². The number of rotatable bonds is 9. The van der Waals surface area contributed by atoms with Gasteiger partial charge in [0.25, 0.3) is 5.91 Å². The number of carbonyl (C=O) groups is 2. The van der Waals surface area contributed by atoms with Crippen molar-refractivity contribution in [2.75, 3.05) is 19.8 Å². The van der Waals surface area contributed by atoms with Crippen LogP contribution in [-0.4, -0.2) is 37.7 Å². The number of nitrogens with one attached hydrogen (secondary N) is 1. The number of para-hydroxylation sites is 2. The van der Waals surface area contributed by atoms with E-state index in [0.29, 0.717) is 17.9 Å². The molecule has 0 unspecified atom stereocenters. The topological polar surface area (TPSA) is 73.9 Å². The summed E-state index contributed by atoms with van der Waals surface area (Å²) >= 11 is 0. The van der Waals surface area contributed by atoms with Gasteiger partial charge in [-0.25, -0.2) is 4.79 Å². The zero-order valence-electron chi connectivity index (χ0n) is 17.9. The van der Waals surface area contributed by atoms with Crippen molar-refractivity contribution in [3.05, 3.63) is 60.2 Å². The van der Waals surface area contributed by atoms with Crippen molar-refractivity contribution in [2.24, 2.45) is 0 Å². The van der Waals surface area contributed by atoms with Crippen molar-refractivity contribution in [3.63, 3.8) is 0 Å². The van der Waals surface area contributed by atoms with Gasteiger partial charge in [0.15, 0.2) is 6.61 Å². The van der Waals surface area contributed by atoms with Gasteiger partial charge in [-0.3, -0.25) is 4.79 Å². The Morgan fingerprint density at radius 3 is 2.23 bits per heavy atom. The summed E-state index contributed by atoms with van der Waals surface area (Å²) in [5, 5.41) is 3.00. The predicted octanol–water partition coefficient (Wildman–Crippen LogP) is 4.53. The molecule has 1 amide bonds. The van der Waals surface area contributed by atoms with Gasteiger partial charge < -0.3 is 19.5 Å². The van der Waals surface area contributed by atoms with Crippen LogP contribution >= 0.6 is 0 Å². The van der Waals surface area contributed by atoms with Gasteiger partial charge in [-0.2, -0.15) is 0 Å². The summed E-state index contributed by atoms with van der Waals surface area (Å²) in [7, 11) is 0. The third-order valence-electron chi connectivity index (χ3n) is 5.26. The van der Waals surface area contributed by atoms with Crippen molar-refractivity contribution in [1.29, 1.82) is 0 Å². The molecular weight excluding hydrogens is 394 g/mol. The van der Waals surface area contributed by atoms with E-state index in [9.17, 15) is 9.59 Å². The second-order valence-electron chi connectivity index (χ2n) is 7.69. The molecule has 2 aromatic carbocycles. The van der Waals surface area contributed by atoms with Gasteiger partial charge >= 0.3 is 5.97 Å². The van der Waals surface area contributed by atoms with E-state index in [4.69, 9.17) is 14.2 Å². The summed E-state index contributed by atoms with van der Waals surface area (Å²) in [4.78, 5) is 24.7. The average molecular weight is 426 g/mol. The van der Waals surface area contributed by atoms with Crippen LogP contribution in [0.1, 0.15) is 55.3 Å². The van der Waals surface area contributed by atoms with Crippen LogP contribution in [0.4, 0.5) is 0 Å². The fourth-order valence-electron chi connectivity index (χ4n) is 3.67. The standard InChI is InChI=1S/C25H31NO5/c27-24(26-20-11-5-2-1-3-6-12-20)19-31-25(28)22-15-9-10-16-23(22)30-18-17-29-21-13-7-4-8-14-21/h4,7-10,13-16,20H,1-3,5-6,11-12,17-19H2,(H,26,27). The monoisotopic (exact) mass is 425 g/mol. The summed E-state index contributed by atoms with van der Waals surface area (Å²) in [6.07, 6.45) is 7.94. The van der Waals surface area contributed by atoms with E-state index in [0.717, 1.165) is 31.4 Å². The number of hydrogen-bond donors (Lipinski definition) is 1. The Bertz CT molecular complexity index is 816. The molecule has 1 fully saturated rings. The Kier molecular flexibility index (Phi) is 9.23. The van der Waals surface area contributed by atoms with Crippen LogP contribution in [0.5, 0.6) is 11.5 Å². The SMILES string of the molecule is O=C(COC(=O)c1ccccc1OCCOc1ccccc1)NC1CCCCCCC1. The molecule has 0 aliphatic heterocycles. The van der Waals surface area contributed by atoms with Crippen LogP contribution in [0.2, 0.25) is 0 Å². The summed E-state index contributed by atoms with van der Waals surface area (Å²) in [6.45, 7) is 0.333. The smallest absolute Gasteiger partial charge is 0.342 e. The number of amides is 1. The quantitative estimate of drug-likeness (QED) is 0.472. The van der Waals surface area contributed by atoms with E-state index in [1.165, 1.54) is 19.3 Å². The number of carbonyl (C=O) groups excluding carboxylic acids is 2. The molecule has 0 atom stereocenters. The molecule has 1 N–H and O–H groups in total. The first-order chi connectivity index (χ1) is 15.2. The second-order valence-corrected chi connectivity index (χ2v) is 7.69. The molecule has 0 heterocycles. The first kappa shape index (κ1) is 22.7. The molecule has 1 aliphatic carbocycles. The van der Waals surface area contributed by atoms with Gasteiger partial charge in [-0.15, -0.1) is 0 Å². The Hall–Kier alpha value is -3.02. The number of hydrogen-bond acceptors (Lipinski definition) is 5. The largest absolute Gasteiger partial charge is 0.490 e. The third-order valence-corrected chi connectivity index (χ3v) is 5.26. The Labute approximate surface area is 183 Å². The molecule has 2 aromatic rings. The van der Waals surface area contributed by atoms with E-state index in [2.05, 4.69) is 5.32 Å². The molecule has 0 bridgehead atoms. The summed E-state index contributed by atoms with van der Waals surface area (Å²) in [5.74, 6) is 0.333. The zero-order chi connectivity index (χ0) is 21.7. The molecule has 1 saturated carbocycles. The first-order valence-corrected chi connectivity index (χ1v) is 11.1. The lowest BCUT2D eigenvalue weighted by molar-refractivity contribution is -0.125. The van der Waals surface area contributed by atoms with Crippen LogP contribution in [0, 0.1) is 0 Å². The maximum absolute atomic E-state index is 12.5. The maximum atomic E-state index is 12.5. The Morgan fingerprint density at radius 2 is 1.45 bits per heavy atom. The van der Waals surface area contributed by atoms with Crippen LogP contribution in [0.15, 0.2) is 54.6 Å². The highest BCUT2D eigenvalue weighted by Gasteiger charge is 2.18. The molecule has 6 nitrogen and oxygen atoms in total. The summed E-state index contributed by atoms with van der Waals surface area (Å²) < 4.78 is 16.6. The fraction of sp³-hybridized carbons (Fsp3) is 0.440. The molecule has 0 saturated heterocycles. The van der Waals surface area contributed by atoms with Crippen molar-refractivity contribution in [1.82, 2.24) is 5.32 Å². The minimum absolute atomic E-state index is 0.173. The minimum atomic E-state index is -0.576. The van der Waals surface area contributed by atoms with Gasteiger partial charge in [0.05, 0.1) is 0 Å². The van der Waals surface area contributed by atoms with E-state index in [1.54, 1.807) is 24.3 Å².